The van der Waals surface area contributed by atoms with Crippen LogP contribution in [0.1, 0.15) is 12.8 Å². The molecule has 3 heterocycles. The van der Waals surface area contributed by atoms with Crippen LogP contribution in [0.3, 0.4) is 0 Å². The molecule has 8 nitrogen and oxygen atoms in total. The van der Waals surface area contributed by atoms with Gasteiger partial charge in [-0.1, -0.05) is 0 Å². The van der Waals surface area contributed by atoms with Crippen LogP contribution >= 0.6 is 0 Å². The molecule has 0 radical (unpaired) electrons. The van der Waals surface area contributed by atoms with Crippen LogP contribution in [0.5, 0.6) is 0 Å². The molecule has 0 aromatic heterocycles. The topological polar surface area (TPSA) is 80.3 Å². The average molecular weight is 341 g/mol. The number of morpholine rings is 2. The predicted molar refractivity (Wildman–Crippen MR) is 85.6 cm³/mol. The van der Waals surface area contributed by atoms with Gasteiger partial charge in [-0.05, 0) is 12.8 Å². The molecule has 2 amide bonds. The molecule has 0 aromatic carbocycles. The van der Waals surface area contributed by atoms with Crippen LogP contribution in [-0.2, 0) is 23.8 Å². The lowest BCUT2D eigenvalue weighted by atomic mass is 10.2. The minimum atomic E-state index is -0.484. The molecule has 0 spiro atoms. The summed E-state index contributed by atoms with van der Waals surface area (Å²) < 4.78 is 16.4. The van der Waals surface area contributed by atoms with Crippen LogP contribution in [0.25, 0.3) is 0 Å². The standard InChI is InChI=1S/C16H27N3O5/c20-15(17-10-13-2-1-6-23-13)12-18-3-9-24-14(11-18)16(21)19-4-7-22-8-5-19/h13-14H,1-12H2,(H,17,20). The summed E-state index contributed by atoms with van der Waals surface area (Å²) in [6.45, 7) is 5.63. The van der Waals surface area contributed by atoms with E-state index in [-0.39, 0.29) is 17.9 Å². The zero-order valence-corrected chi connectivity index (χ0v) is 14.1. The first kappa shape index (κ1) is 17.6. The number of nitrogens with zero attached hydrogens (tertiary/aromatic N) is 2. The number of rotatable bonds is 5. The molecule has 2 atom stereocenters. The lowest BCUT2D eigenvalue weighted by Gasteiger charge is -2.35. The molecule has 1 N–H and O–H groups in total. The van der Waals surface area contributed by atoms with Crippen LogP contribution in [-0.4, -0.2) is 99.5 Å². The minimum Gasteiger partial charge on any atom is -0.378 e. The van der Waals surface area contributed by atoms with Gasteiger partial charge in [0, 0.05) is 39.3 Å². The second-order valence-electron chi connectivity index (χ2n) is 6.47. The molecule has 0 aromatic rings. The molecule has 3 rings (SSSR count). The van der Waals surface area contributed by atoms with Crippen LogP contribution in [0.4, 0.5) is 0 Å². The molecule has 3 aliphatic rings. The van der Waals surface area contributed by atoms with E-state index in [2.05, 4.69) is 5.32 Å². The molecule has 0 aliphatic carbocycles. The van der Waals surface area contributed by atoms with E-state index in [0.717, 1.165) is 19.4 Å². The third kappa shape index (κ3) is 4.89. The molecular formula is C16H27N3O5. The summed E-state index contributed by atoms with van der Waals surface area (Å²) >= 11 is 0. The van der Waals surface area contributed by atoms with Gasteiger partial charge in [0.1, 0.15) is 6.10 Å². The zero-order chi connectivity index (χ0) is 16.8. The first-order valence-corrected chi connectivity index (χ1v) is 8.81. The van der Waals surface area contributed by atoms with Gasteiger partial charge in [-0.3, -0.25) is 14.5 Å². The third-order valence-corrected chi connectivity index (χ3v) is 4.67. The van der Waals surface area contributed by atoms with Crippen LogP contribution in [0.15, 0.2) is 0 Å². The monoisotopic (exact) mass is 341 g/mol. The van der Waals surface area contributed by atoms with E-state index < -0.39 is 6.10 Å². The highest BCUT2D eigenvalue weighted by Gasteiger charge is 2.31. The van der Waals surface area contributed by atoms with Gasteiger partial charge in [-0.2, -0.15) is 0 Å². The number of amides is 2. The fraction of sp³-hybridized carbons (Fsp3) is 0.875. The van der Waals surface area contributed by atoms with Crippen molar-refractivity contribution in [1.82, 2.24) is 15.1 Å². The zero-order valence-electron chi connectivity index (χ0n) is 14.1. The smallest absolute Gasteiger partial charge is 0.253 e. The Morgan fingerprint density at radius 3 is 2.62 bits per heavy atom. The van der Waals surface area contributed by atoms with E-state index in [1.807, 2.05) is 4.90 Å². The highest BCUT2D eigenvalue weighted by Crippen LogP contribution is 2.11. The van der Waals surface area contributed by atoms with Crippen molar-refractivity contribution in [2.24, 2.45) is 0 Å². The van der Waals surface area contributed by atoms with Gasteiger partial charge in [0.05, 0.1) is 32.5 Å². The predicted octanol–water partition coefficient (Wildman–Crippen LogP) is -1.16. The van der Waals surface area contributed by atoms with Crippen LogP contribution in [0, 0.1) is 0 Å². The number of hydrogen-bond donors (Lipinski definition) is 1. The van der Waals surface area contributed by atoms with Crippen molar-refractivity contribution >= 4 is 11.8 Å². The van der Waals surface area contributed by atoms with Gasteiger partial charge in [0.25, 0.3) is 5.91 Å². The van der Waals surface area contributed by atoms with Crippen molar-refractivity contribution in [2.75, 3.05) is 65.7 Å². The largest absolute Gasteiger partial charge is 0.378 e. The summed E-state index contributed by atoms with van der Waals surface area (Å²) in [5.41, 5.74) is 0. The lowest BCUT2D eigenvalue weighted by molar-refractivity contribution is -0.154. The Morgan fingerprint density at radius 1 is 1.04 bits per heavy atom. The molecule has 3 aliphatic heterocycles. The fourth-order valence-electron chi connectivity index (χ4n) is 3.27. The normalized spacial score (nSPS) is 28.8. The summed E-state index contributed by atoms with van der Waals surface area (Å²) in [6, 6.07) is 0. The summed E-state index contributed by atoms with van der Waals surface area (Å²) in [4.78, 5) is 28.3. The third-order valence-electron chi connectivity index (χ3n) is 4.67. The van der Waals surface area contributed by atoms with Crippen LogP contribution in [0.2, 0.25) is 0 Å². The van der Waals surface area contributed by atoms with Crippen LogP contribution < -0.4 is 5.32 Å². The minimum absolute atomic E-state index is 0.00256. The number of carbonyl (C=O) groups is 2. The van der Waals surface area contributed by atoms with E-state index in [1.54, 1.807) is 4.90 Å². The molecule has 3 fully saturated rings. The Hall–Kier alpha value is -1.22. The maximum atomic E-state index is 12.5. The van der Waals surface area contributed by atoms with Crippen molar-refractivity contribution in [3.05, 3.63) is 0 Å². The van der Waals surface area contributed by atoms with E-state index >= 15 is 0 Å². The Labute approximate surface area is 142 Å². The number of ether oxygens (including phenoxy) is 3. The van der Waals surface area contributed by atoms with E-state index in [1.165, 1.54) is 0 Å². The van der Waals surface area contributed by atoms with Gasteiger partial charge in [-0.25, -0.2) is 0 Å². The molecule has 3 saturated heterocycles. The Balaban J connectivity index is 1.41. The molecule has 24 heavy (non-hydrogen) atoms. The Morgan fingerprint density at radius 2 is 1.88 bits per heavy atom. The van der Waals surface area contributed by atoms with Gasteiger partial charge in [0.15, 0.2) is 0 Å². The van der Waals surface area contributed by atoms with Gasteiger partial charge in [0.2, 0.25) is 5.91 Å². The fourth-order valence-corrected chi connectivity index (χ4v) is 3.27. The molecular weight excluding hydrogens is 314 g/mol. The van der Waals surface area contributed by atoms with Gasteiger partial charge in [-0.15, -0.1) is 0 Å². The second-order valence-corrected chi connectivity index (χ2v) is 6.47. The van der Waals surface area contributed by atoms with Gasteiger partial charge >= 0.3 is 0 Å². The molecule has 0 saturated carbocycles. The number of nitrogens with one attached hydrogen (secondary N) is 1. The van der Waals surface area contributed by atoms with Crippen molar-refractivity contribution in [3.63, 3.8) is 0 Å². The molecule has 2 unspecified atom stereocenters. The quantitative estimate of drug-likeness (QED) is 0.680. The van der Waals surface area contributed by atoms with E-state index in [4.69, 9.17) is 14.2 Å². The summed E-state index contributed by atoms with van der Waals surface area (Å²) in [5, 5.41) is 2.92. The molecule has 0 bridgehead atoms. The maximum absolute atomic E-state index is 12.5. The first-order chi connectivity index (χ1) is 11.7. The second kappa shape index (κ2) is 8.75. The molecule has 8 heteroatoms. The number of carbonyl (C=O) groups excluding carboxylic acids is 2. The van der Waals surface area contributed by atoms with Crippen molar-refractivity contribution in [2.45, 2.75) is 25.0 Å². The Kier molecular flexibility index (Phi) is 6.42. The van der Waals surface area contributed by atoms with E-state index in [9.17, 15) is 9.59 Å². The number of hydrogen-bond acceptors (Lipinski definition) is 6. The highest BCUT2D eigenvalue weighted by molar-refractivity contribution is 5.82. The lowest BCUT2D eigenvalue weighted by Crippen LogP contribution is -2.54. The first-order valence-electron chi connectivity index (χ1n) is 8.81. The Bertz CT molecular complexity index is 435. The maximum Gasteiger partial charge on any atom is 0.253 e. The van der Waals surface area contributed by atoms with E-state index in [0.29, 0.717) is 59.1 Å². The summed E-state index contributed by atoms with van der Waals surface area (Å²) in [7, 11) is 0. The average Bonchev–Trinajstić information content (AvgIpc) is 3.14. The van der Waals surface area contributed by atoms with Crippen molar-refractivity contribution in [1.29, 1.82) is 0 Å². The summed E-state index contributed by atoms with van der Waals surface area (Å²) in [5.74, 6) is -0.0206. The summed E-state index contributed by atoms with van der Waals surface area (Å²) in [6.07, 6.45) is 1.74. The van der Waals surface area contributed by atoms with Crippen molar-refractivity contribution < 1.29 is 23.8 Å². The van der Waals surface area contributed by atoms with Gasteiger partial charge < -0.3 is 24.4 Å². The highest BCUT2D eigenvalue weighted by atomic mass is 16.5. The SMILES string of the molecule is O=C(CN1CCOC(C(=O)N2CCOCC2)C1)NCC1CCCO1. The van der Waals surface area contributed by atoms with Crippen molar-refractivity contribution in [3.8, 4) is 0 Å². The molecule has 136 valence electrons.